The summed E-state index contributed by atoms with van der Waals surface area (Å²) in [5, 5.41) is 3.06. The molecule has 2 aromatic heterocycles. The van der Waals surface area contributed by atoms with Gasteiger partial charge < -0.3 is 5.32 Å². The molecule has 11 heteroatoms. The van der Waals surface area contributed by atoms with Gasteiger partial charge in [0.1, 0.15) is 0 Å². The first-order valence-corrected chi connectivity index (χ1v) is 13.5. The lowest BCUT2D eigenvalue weighted by Gasteiger charge is -2.31. The molecule has 3 heterocycles. The quantitative estimate of drug-likeness (QED) is 0.576. The molecule has 0 spiro atoms. The maximum atomic E-state index is 13.3. The topological polar surface area (TPSA) is 134 Å². The number of fused-ring (bicyclic) bond motifs is 1. The van der Waals surface area contributed by atoms with E-state index < -0.39 is 27.2 Å². The second-order valence-electron chi connectivity index (χ2n) is 9.67. The molecule has 1 fully saturated rings. The van der Waals surface area contributed by atoms with Gasteiger partial charge in [-0.15, -0.1) is 0 Å². The molecule has 10 nitrogen and oxygen atoms in total. The van der Waals surface area contributed by atoms with E-state index in [0.29, 0.717) is 44.6 Å². The van der Waals surface area contributed by atoms with Gasteiger partial charge in [-0.1, -0.05) is 34.6 Å². The van der Waals surface area contributed by atoms with Crippen molar-refractivity contribution in [2.75, 3.05) is 18.8 Å². The van der Waals surface area contributed by atoms with Crippen LogP contribution >= 0.6 is 0 Å². The molecular weight excluding hydrogens is 458 g/mol. The van der Waals surface area contributed by atoms with Crippen LogP contribution in [0.15, 0.2) is 15.7 Å². The van der Waals surface area contributed by atoms with Gasteiger partial charge in [-0.05, 0) is 37.2 Å². The summed E-state index contributed by atoms with van der Waals surface area (Å²) < 4.78 is 27.5. The van der Waals surface area contributed by atoms with Crippen LogP contribution in [0, 0.1) is 5.92 Å². The smallest absolute Gasteiger partial charge is 0.330 e. The van der Waals surface area contributed by atoms with Crippen molar-refractivity contribution < 1.29 is 13.2 Å². The average Bonchev–Trinajstić information content (AvgIpc) is 2.75. The van der Waals surface area contributed by atoms with Crippen LogP contribution in [0.1, 0.15) is 75.9 Å². The van der Waals surface area contributed by atoms with Crippen molar-refractivity contribution in [2.24, 2.45) is 5.92 Å². The Labute approximate surface area is 199 Å². The lowest BCUT2D eigenvalue weighted by molar-refractivity contribution is 0.0925. The molecule has 0 radical (unpaired) electrons. The number of H-pyrrole nitrogens is 1. The molecule has 34 heavy (non-hydrogen) atoms. The Balaban J connectivity index is 1.95. The molecule has 3 rings (SSSR count). The lowest BCUT2D eigenvalue weighted by atomic mass is 10.0. The van der Waals surface area contributed by atoms with Crippen LogP contribution in [0.25, 0.3) is 11.0 Å². The largest absolute Gasteiger partial charge is 0.349 e. The Morgan fingerprint density at radius 1 is 1.21 bits per heavy atom. The minimum absolute atomic E-state index is 0.0233. The highest BCUT2D eigenvalue weighted by molar-refractivity contribution is 7.89. The molecule has 1 aliphatic rings. The van der Waals surface area contributed by atoms with Gasteiger partial charge in [0.2, 0.25) is 10.0 Å². The Hall–Kier alpha value is -2.53. The monoisotopic (exact) mass is 493 g/mol. The van der Waals surface area contributed by atoms with E-state index in [-0.39, 0.29) is 40.2 Å². The number of hydrogen-bond donors (Lipinski definition) is 2. The number of aromatic nitrogens is 3. The number of nitrogens with one attached hydrogen (secondary N) is 2. The van der Waals surface area contributed by atoms with Crippen LogP contribution in [0.2, 0.25) is 0 Å². The molecule has 1 aliphatic heterocycles. The summed E-state index contributed by atoms with van der Waals surface area (Å²) in [5.41, 5.74) is -0.200. The number of amides is 1. The molecular formula is C23H35N5O5S. The molecule has 0 aromatic carbocycles. The van der Waals surface area contributed by atoms with Crippen molar-refractivity contribution in [3.8, 4) is 0 Å². The van der Waals surface area contributed by atoms with E-state index in [1.165, 1.54) is 8.87 Å². The molecule has 0 bridgehead atoms. The maximum absolute atomic E-state index is 13.3. The van der Waals surface area contributed by atoms with Gasteiger partial charge in [0.25, 0.3) is 11.5 Å². The van der Waals surface area contributed by atoms with E-state index in [2.05, 4.69) is 15.3 Å². The van der Waals surface area contributed by atoms with E-state index in [1.54, 1.807) is 6.07 Å². The maximum Gasteiger partial charge on any atom is 0.330 e. The number of nitrogens with zero attached hydrogens (tertiary/aromatic N) is 3. The highest BCUT2D eigenvalue weighted by atomic mass is 32.2. The lowest BCUT2D eigenvalue weighted by Crippen LogP contribution is -2.47. The summed E-state index contributed by atoms with van der Waals surface area (Å²) in [6.07, 6.45) is 1.54. The standard InChI is InChI=1S/C23H35N5O5S/c1-6-11-34(32,33)27-9-7-16(8-10-27)24-21(29)17-12-18(15(4)5)25-20-19(17)22(30)26-23(31)28(20)13-14(2)3/h12,14-16H,6-11,13H2,1-5H3,(H,24,29)(H,26,30,31). The zero-order valence-electron chi connectivity index (χ0n) is 20.6. The molecule has 0 atom stereocenters. The second-order valence-corrected chi connectivity index (χ2v) is 11.8. The number of piperidine rings is 1. The van der Waals surface area contributed by atoms with Crippen molar-refractivity contribution in [2.45, 2.75) is 72.4 Å². The first-order valence-electron chi connectivity index (χ1n) is 11.9. The molecule has 2 N–H and O–H groups in total. The van der Waals surface area contributed by atoms with E-state index in [0.717, 1.165) is 0 Å². The number of sulfonamides is 1. The number of aromatic amines is 1. The molecule has 0 unspecified atom stereocenters. The normalized spacial score (nSPS) is 16.0. The second kappa shape index (κ2) is 10.4. The van der Waals surface area contributed by atoms with Gasteiger partial charge in [-0.3, -0.25) is 19.1 Å². The fourth-order valence-electron chi connectivity index (χ4n) is 4.23. The Morgan fingerprint density at radius 3 is 2.41 bits per heavy atom. The number of carbonyl (C=O) groups excluding carboxylic acids is 1. The van der Waals surface area contributed by atoms with Crippen molar-refractivity contribution in [3.63, 3.8) is 0 Å². The summed E-state index contributed by atoms with van der Waals surface area (Å²) in [7, 11) is -3.27. The summed E-state index contributed by atoms with van der Waals surface area (Å²) in [6, 6.07) is 1.40. The highest BCUT2D eigenvalue weighted by Crippen LogP contribution is 2.21. The number of pyridine rings is 1. The highest BCUT2D eigenvalue weighted by Gasteiger charge is 2.29. The summed E-state index contributed by atoms with van der Waals surface area (Å²) in [6.45, 7) is 10.6. The zero-order valence-corrected chi connectivity index (χ0v) is 21.4. The fraction of sp³-hybridized carbons (Fsp3) is 0.652. The number of rotatable bonds is 8. The number of hydrogen-bond acceptors (Lipinski definition) is 6. The average molecular weight is 494 g/mol. The third-order valence-corrected chi connectivity index (χ3v) is 8.07. The minimum Gasteiger partial charge on any atom is -0.349 e. The van der Waals surface area contributed by atoms with Crippen LogP contribution in [-0.2, 0) is 16.6 Å². The third-order valence-electron chi connectivity index (χ3n) is 6.00. The molecule has 1 saturated heterocycles. The molecule has 188 valence electrons. The fourth-order valence-corrected chi connectivity index (χ4v) is 5.77. The predicted molar refractivity (Wildman–Crippen MR) is 132 cm³/mol. The van der Waals surface area contributed by atoms with Crippen LogP contribution in [-0.4, -0.2) is 58.0 Å². The molecule has 2 aromatic rings. The Morgan fingerprint density at radius 2 is 1.85 bits per heavy atom. The molecule has 1 amide bonds. The first-order chi connectivity index (χ1) is 15.9. The first kappa shape index (κ1) is 26.1. The van der Waals surface area contributed by atoms with Crippen molar-refractivity contribution in [1.29, 1.82) is 0 Å². The van der Waals surface area contributed by atoms with Crippen LogP contribution < -0.4 is 16.6 Å². The zero-order chi connectivity index (χ0) is 25.2. The van der Waals surface area contributed by atoms with E-state index in [1.807, 2.05) is 34.6 Å². The summed E-state index contributed by atoms with van der Waals surface area (Å²) in [5.74, 6) is -0.205. The minimum atomic E-state index is -3.27. The van der Waals surface area contributed by atoms with E-state index >= 15 is 0 Å². The van der Waals surface area contributed by atoms with Gasteiger partial charge >= 0.3 is 5.69 Å². The van der Waals surface area contributed by atoms with Crippen molar-refractivity contribution in [1.82, 2.24) is 24.2 Å². The molecule has 0 saturated carbocycles. The van der Waals surface area contributed by atoms with Crippen LogP contribution in [0.5, 0.6) is 0 Å². The predicted octanol–water partition coefficient (Wildman–Crippen LogP) is 1.80. The third kappa shape index (κ3) is 5.57. The van der Waals surface area contributed by atoms with E-state index in [9.17, 15) is 22.8 Å². The Kier molecular flexibility index (Phi) is 7.97. The van der Waals surface area contributed by atoms with Crippen molar-refractivity contribution >= 4 is 27.0 Å². The molecule has 0 aliphatic carbocycles. The van der Waals surface area contributed by atoms with Gasteiger partial charge in [0, 0.05) is 31.4 Å². The summed E-state index contributed by atoms with van der Waals surface area (Å²) >= 11 is 0. The van der Waals surface area contributed by atoms with Gasteiger partial charge in [-0.2, -0.15) is 0 Å². The van der Waals surface area contributed by atoms with Gasteiger partial charge in [0.05, 0.1) is 16.7 Å². The van der Waals surface area contributed by atoms with Crippen LogP contribution in [0.4, 0.5) is 0 Å². The van der Waals surface area contributed by atoms with Gasteiger partial charge in [0.15, 0.2) is 5.65 Å². The number of carbonyl (C=O) groups is 1. The van der Waals surface area contributed by atoms with Crippen molar-refractivity contribution in [3.05, 3.63) is 38.2 Å². The Bertz CT molecular complexity index is 1270. The van der Waals surface area contributed by atoms with E-state index in [4.69, 9.17) is 0 Å². The van der Waals surface area contributed by atoms with Gasteiger partial charge in [-0.25, -0.2) is 22.5 Å². The summed E-state index contributed by atoms with van der Waals surface area (Å²) in [4.78, 5) is 45.6. The van der Waals surface area contributed by atoms with Crippen LogP contribution in [0.3, 0.4) is 0 Å². The SMILES string of the molecule is CCCS(=O)(=O)N1CCC(NC(=O)c2cc(C(C)C)nc3c2c(=O)[nH]c(=O)n3CC(C)C)CC1.